The van der Waals surface area contributed by atoms with Crippen LogP contribution in [-0.2, 0) is 0 Å². The molecule has 0 saturated carbocycles. The van der Waals surface area contributed by atoms with Gasteiger partial charge in [-0.2, -0.15) is 5.26 Å². The van der Waals surface area contributed by atoms with Crippen LogP contribution in [0.4, 0.5) is 0 Å². The minimum atomic E-state index is 0.640. The Bertz CT molecular complexity index is 751. The summed E-state index contributed by atoms with van der Waals surface area (Å²) in [5.41, 5.74) is 0.640. The monoisotopic (exact) mass is 247 g/mol. The molecule has 0 N–H and O–H groups in total. The van der Waals surface area contributed by atoms with Crippen molar-refractivity contribution >= 4 is 12.2 Å². The van der Waals surface area contributed by atoms with Crippen molar-refractivity contribution in [2.45, 2.75) is 12.8 Å². The molecule has 2 aromatic rings. The van der Waals surface area contributed by atoms with Gasteiger partial charge in [0.2, 0.25) is 0 Å². The second-order valence-electron chi connectivity index (χ2n) is 4.51. The lowest BCUT2D eigenvalue weighted by Gasteiger charge is -2.07. The van der Waals surface area contributed by atoms with Gasteiger partial charge in [-0.1, -0.05) is 18.2 Å². The van der Waals surface area contributed by atoms with E-state index >= 15 is 0 Å². The number of nitrogens with zero attached hydrogens (tertiary/aromatic N) is 1. The molecule has 1 aliphatic carbocycles. The summed E-state index contributed by atoms with van der Waals surface area (Å²) in [6, 6.07) is 15.4. The van der Waals surface area contributed by atoms with Crippen molar-refractivity contribution in [2.75, 3.05) is 0 Å². The first kappa shape index (κ1) is 11.6. The van der Waals surface area contributed by atoms with E-state index in [1.54, 1.807) is 12.1 Å². The first-order valence-electron chi connectivity index (χ1n) is 6.34. The molecule has 0 fully saturated rings. The van der Waals surface area contributed by atoms with E-state index in [4.69, 9.17) is 10.00 Å². The number of benzene rings is 2. The van der Waals surface area contributed by atoms with E-state index < -0.39 is 0 Å². The van der Waals surface area contributed by atoms with Crippen LogP contribution >= 0.6 is 0 Å². The molecule has 2 nitrogen and oxygen atoms in total. The van der Waals surface area contributed by atoms with E-state index in [-0.39, 0.29) is 0 Å². The summed E-state index contributed by atoms with van der Waals surface area (Å²) < 4.78 is 5.80. The van der Waals surface area contributed by atoms with Crippen LogP contribution in [0.5, 0.6) is 11.5 Å². The quantitative estimate of drug-likeness (QED) is 0.817. The van der Waals surface area contributed by atoms with Crippen LogP contribution in [0.1, 0.15) is 18.4 Å². The Morgan fingerprint density at radius 2 is 1.53 bits per heavy atom. The van der Waals surface area contributed by atoms with E-state index in [1.165, 1.54) is 10.4 Å². The predicted molar refractivity (Wildman–Crippen MR) is 75.1 cm³/mol. The second-order valence-corrected chi connectivity index (χ2v) is 4.51. The van der Waals surface area contributed by atoms with E-state index in [0.29, 0.717) is 5.56 Å². The zero-order valence-corrected chi connectivity index (χ0v) is 10.5. The standard InChI is InChI=1S/C17H13NO/c18-12-13-5-8-16(9-6-13)19-17-10-7-14-3-1-2-4-15(14)11-17/h3-11H,1-2H2. The maximum absolute atomic E-state index is 8.75. The lowest BCUT2D eigenvalue weighted by Crippen LogP contribution is -2.25. The predicted octanol–water partition coefficient (Wildman–Crippen LogP) is 2.71. The van der Waals surface area contributed by atoms with Gasteiger partial charge in [0.25, 0.3) is 0 Å². The van der Waals surface area contributed by atoms with Crippen molar-refractivity contribution < 1.29 is 4.74 Å². The van der Waals surface area contributed by atoms with Crippen molar-refractivity contribution in [1.82, 2.24) is 0 Å². The van der Waals surface area contributed by atoms with Crippen LogP contribution < -0.4 is 15.2 Å². The summed E-state index contributed by atoms with van der Waals surface area (Å²) in [5.74, 6) is 1.58. The summed E-state index contributed by atoms with van der Waals surface area (Å²) in [6.45, 7) is 0. The molecule has 0 heterocycles. The van der Waals surface area contributed by atoms with Gasteiger partial charge in [-0.3, -0.25) is 0 Å². The van der Waals surface area contributed by atoms with E-state index in [0.717, 1.165) is 24.3 Å². The minimum absolute atomic E-state index is 0.640. The molecule has 92 valence electrons. The van der Waals surface area contributed by atoms with Crippen LogP contribution in [0.2, 0.25) is 0 Å². The summed E-state index contributed by atoms with van der Waals surface area (Å²) in [5, 5.41) is 11.3. The largest absolute Gasteiger partial charge is 0.457 e. The topological polar surface area (TPSA) is 33.0 Å². The summed E-state index contributed by atoms with van der Waals surface area (Å²) in [6.07, 6.45) is 6.69. The van der Waals surface area contributed by atoms with E-state index in [1.807, 2.05) is 18.2 Å². The van der Waals surface area contributed by atoms with Crippen LogP contribution in [0.25, 0.3) is 12.2 Å². The van der Waals surface area contributed by atoms with Crippen LogP contribution in [0.15, 0.2) is 42.5 Å². The number of ether oxygens (including phenoxy) is 1. The van der Waals surface area contributed by atoms with Gasteiger partial charge in [-0.25, -0.2) is 0 Å². The van der Waals surface area contributed by atoms with Crippen molar-refractivity contribution in [3.63, 3.8) is 0 Å². The molecule has 0 aromatic heterocycles. The SMILES string of the molecule is N#Cc1ccc(Oc2ccc3c(c2)=CCCC=3)cc1. The second kappa shape index (κ2) is 4.99. The third kappa shape index (κ3) is 2.51. The van der Waals surface area contributed by atoms with Crippen molar-refractivity contribution in [1.29, 1.82) is 5.26 Å². The van der Waals surface area contributed by atoms with Crippen LogP contribution in [0, 0.1) is 11.3 Å². The molecular formula is C17H13NO. The van der Waals surface area contributed by atoms with E-state index in [2.05, 4.69) is 30.4 Å². The molecule has 0 atom stereocenters. The Morgan fingerprint density at radius 1 is 0.842 bits per heavy atom. The Morgan fingerprint density at radius 3 is 2.26 bits per heavy atom. The molecule has 1 aliphatic rings. The van der Waals surface area contributed by atoms with Crippen molar-refractivity contribution in [3.8, 4) is 17.6 Å². The minimum Gasteiger partial charge on any atom is -0.457 e. The fourth-order valence-electron chi connectivity index (χ4n) is 2.19. The highest BCUT2D eigenvalue weighted by atomic mass is 16.5. The van der Waals surface area contributed by atoms with Crippen LogP contribution in [0.3, 0.4) is 0 Å². The Labute approximate surface area is 111 Å². The lowest BCUT2D eigenvalue weighted by atomic mass is 10.1. The van der Waals surface area contributed by atoms with Crippen molar-refractivity contribution in [2.24, 2.45) is 0 Å². The fourth-order valence-corrected chi connectivity index (χ4v) is 2.19. The molecule has 0 aliphatic heterocycles. The molecule has 2 aromatic carbocycles. The van der Waals surface area contributed by atoms with E-state index in [9.17, 15) is 0 Å². The van der Waals surface area contributed by atoms with Gasteiger partial charge in [-0.05, 0) is 59.7 Å². The first-order chi connectivity index (χ1) is 9.35. The molecule has 0 spiro atoms. The lowest BCUT2D eigenvalue weighted by molar-refractivity contribution is 0.482. The van der Waals surface area contributed by atoms with Gasteiger partial charge in [0, 0.05) is 0 Å². The summed E-state index contributed by atoms with van der Waals surface area (Å²) >= 11 is 0. The highest BCUT2D eigenvalue weighted by Gasteiger charge is 2.00. The maximum atomic E-state index is 8.75. The normalized spacial score (nSPS) is 12.6. The first-order valence-corrected chi connectivity index (χ1v) is 6.34. The smallest absolute Gasteiger partial charge is 0.128 e. The number of nitriles is 1. The fraction of sp³-hybridized carbons (Fsp3) is 0.118. The highest BCUT2D eigenvalue weighted by Crippen LogP contribution is 2.19. The Hall–Kier alpha value is -2.53. The van der Waals surface area contributed by atoms with Gasteiger partial charge in [0.05, 0.1) is 11.6 Å². The van der Waals surface area contributed by atoms with Gasteiger partial charge in [0.1, 0.15) is 11.5 Å². The average Bonchev–Trinajstić information content (AvgIpc) is 2.48. The molecule has 2 heteroatoms. The molecule has 3 rings (SSSR count). The Kier molecular flexibility index (Phi) is 3.04. The highest BCUT2D eigenvalue weighted by molar-refractivity contribution is 5.42. The Balaban J connectivity index is 1.89. The summed E-state index contributed by atoms with van der Waals surface area (Å²) in [7, 11) is 0. The number of rotatable bonds is 2. The third-order valence-electron chi connectivity index (χ3n) is 3.17. The molecular weight excluding hydrogens is 234 g/mol. The summed E-state index contributed by atoms with van der Waals surface area (Å²) in [4.78, 5) is 0. The number of fused-ring (bicyclic) bond motifs is 1. The maximum Gasteiger partial charge on any atom is 0.128 e. The van der Waals surface area contributed by atoms with Crippen molar-refractivity contribution in [3.05, 3.63) is 58.5 Å². The molecule has 19 heavy (non-hydrogen) atoms. The zero-order chi connectivity index (χ0) is 13.1. The zero-order valence-electron chi connectivity index (χ0n) is 10.5. The van der Waals surface area contributed by atoms with Gasteiger partial charge < -0.3 is 4.74 Å². The molecule has 0 radical (unpaired) electrons. The van der Waals surface area contributed by atoms with Gasteiger partial charge >= 0.3 is 0 Å². The third-order valence-corrected chi connectivity index (χ3v) is 3.17. The molecule has 0 amide bonds. The number of hydrogen-bond acceptors (Lipinski definition) is 2. The average molecular weight is 247 g/mol. The van der Waals surface area contributed by atoms with Crippen LogP contribution in [-0.4, -0.2) is 0 Å². The number of hydrogen-bond donors (Lipinski definition) is 0. The van der Waals surface area contributed by atoms with Gasteiger partial charge in [0.15, 0.2) is 0 Å². The molecule has 0 unspecified atom stereocenters. The molecule has 0 saturated heterocycles. The van der Waals surface area contributed by atoms with Gasteiger partial charge in [-0.15, -0.1) is 0 Å². The molecule has 0 bridgehead atoms.